The number of rotatable bonds is 2. The van der Waals surface area contributed by atoms with Gasteiger partial charge in [0.25, 0.3) is 0 Å². The van der Waals surface area contributed by atoms with Crippen LogP contribution in [0.25, 0.3) is 0 Å². The van der Waals surface area contributed by atoms with E-state index in [1.807, 2.05) is 30.3 Å². The number of halogens is 1. The summed E-state index contributed by atoms with van der Waals surface area (Å²) in [5.41, 5.74) is 0. The standard InChI is InChI=1S/C12H10IO3/c1-8-7-10(14)11(12(15)16-8)13-9-5-3-2-4-6-9/h2-7,11H,1H3/q-1. The summed E-state index contributed by atoms with van der Waals surface area (Å²) in [7, 11) is 0. The molecule has 0 spiro atoms. The van der Waals surface area contributed by atoms with Crippen molar-refractivity contribution in [2.45, 2.75) is 10.8 Å². The number of cyclic esters (lactones) is 1. The zero-order valence-corrected chi connectivity index (χ0v) is 10.8. The number of ketones is 1. The zero-order chi connectivity index (χ0) is 11.5. The number of benzene rings is 1. The van der Waals surface area contributed by atoms with Gasteiger partial charge in [-0.3, -0.25) is 0 Å². The fraction of sp³-hybridized carbons (Fsp3) is 0.167. The summed E-state index contributed by atoms with van der Waals surface area (Å²) in [6, 6.07) is 9.62. The first kappa shape index (κ1) is 11.3. The molecule has 3 nitrogen and oxygen atoms in total. The summed E-state index contributed by atoms with van der Waals surface area (Å²) in [6.45, 7) is 1.62. The van der Waals surface area contributed by atoms with E-state index in [2.05, 4.69) is 0 Å². The first-order valence-corrected chi connectivity index (χ1v) is 7.11. The van der Waals surface area contributed by atoms with Gasteiger partial charge in [0.15, 0.2) is 0 Å². The fourth-order valence-electron chi connectivity index (χ4n) is 1.34. The van der Waals surface area contributed by atoms with E-state index in [4.69, 9.17) is 4.74 Å². The predicted octanol–water partition coefficient (Wildman–Crippen LogP) is -1.66. The maximum atomic E-state index is 11.7. The summed E-state index contributed by atoms with van der Waals surface area (Å²) >= 11 is -0.663. The van der Waals surface area contributed by atoms with E-state index in [1.165, 1.54) is 6.08 Å². The molecule has 1 aromatic carbocycles. The van der Waals surface area contributed by atoms with Gasteiger partial charge in [0.1, 0.15) is 0 Å². The van der Waals surface area contributed by atoms with Gasteiger partial charge in [-0.05, 0) is 0 Å². The summed E-state index contributed by atoms with van der Waals surface area (Å²) in [6.07, 6.45) is 1.41. The summed E-state index contributed by atoms with van der Waals surface area (Å²) in [5.74, 6) is -0.129. The van der Waals surface area contributed by atoms with E-state index >= 15 is 0 Å². The Morgan fingerprint density at radius 3 is 2.50 bits per heavy atom. The number of carbonyl (C=O) groups is 2. The van der Waals surface area contributed by atoms with Crippen LogP contribution >= 0.6 is 0 Å². The van der Waals surface area contributed by atoms with Gasteiger partial charge >= 0.3 is 104 Å². The van der Waals surface area contributed by atoms with Crippen LogP contribution in [0.15, 0.2) is 42.2 Å². The van der Waals surface area contributed by atoms with Crippen molar-refractivity contribution >= 4 is 11.8 Å². The minimum atomic E-state index is -0.663. The second-order valence-corrected chi connectivity index (χ2v) is 6.46. The Bertz CT molecular complexity index is 451. The third kappa shape index (κ3) is 2.49. The van der Waals surface area contributed by atoms with E-state index in [-0.39, 0.29) is 5.78 Å². The monoisotopic (exact) mass is 329 g/mol. The van der Waals surface area contributed by atoms with Crippen molar-refractivity contribution in [3.05, 3.63) is 45.7 Å². The molecule has 0 saturated carbocycles. The van der Waals surface area contributed by atoms with Gasteiger partial charge in [-0.1, -0.05) is 0 Å². The fourth-order valence-corrected chi connectivity index (χ4v) is 3.76. The SMILES string of the molecule is CC1=CC(=O)C([I-]c2ccccc2)C(=O)O1. The molecule has 1 atom stereocenters. The topological polar surface area (TPSA) is 43.4 Å². The van der Waals surface area contributed by atoms with Crippen LogP contribution in [0, 0.1) is 3.57 Å². The van der Waals surface area contributed by atoms with Crippen LogP contribution in [0.3, 0.4) is 0 Å². The Morgan fingerprint density at radius 2 is 1.88 bits per heavy atom. The Morgan fingerprint density at radius 1 is 1.19 bits per heavy atom. The molecule has 1 unspecified atom stereocenters. The molecule has 4 heteroatoms. The first-order valence-electron chi connectivity index (χ1n) is 4.79. The molecule has 1 aliphatic heterocycles. The molecular formula is C12H10IO3-. The molecular weight excluding hydrogens is 319 g/mol. The number of alkyl halides is 1. The molecule has 84 valence electrons. The quantitative estimate of drug-likeness (QED) is 0.283. The number of hydrogen-bond donors (Lipinski definition) is 0. The Kier molecular flexibility index (Phi) is 3.38. The van der Waals surface area contributed by atoms with Crippen LogP contribution in [0.1, 0.15) is 6.92 Å². The number of allylic oxidation sites excluding steroid dienone is 2. The van der Waals surface area contributed by atoms with Crippen molar-refractivity contribution in [2.75, 3.05) is 0 Å². The van der Waals surface area contributed by atoms with Crippen molar-refractivity contribution in [2.24, 2.45) is 0 Å². The van der Waals surface area contributed by atoms with E-state index in [9.17, 15) is 9.59 Å². The molecule has 1 heterocycles. The number of carbonyl (C=O) groups excluding carboxylic acids is 2. The summed E-state index contributed by atoms with van der Waals surface area (Å²) < 4.78 is 5.47. The Hall–Kier alpha value is -1.17. The van der Waals surface area contributed by atoms with Gasteiger partial charge in [0.2, 0.25) is 0 Å². The predicted molar refractivity (Wildman–Crippen MR) is 53.8 cm³/mol. The molecule has 0 bridgehead atoms. The molecule has 1 aliphatic rings. The molecule has 0 aromatic heterocycles. The average Bonchev–Trinajstić information content (AvgIpc) is 2.25. The third-order valence-electron chi connectivity index (χ3n) is 2.03. The summed E-state index contributed by atoms with van der Waals surface area (Å²) in [5, 5.41) is 0. The van der Waals surface area contributed by atoms with Crippen LogP contribution in [-0.2, 0) is 14.3 Å². The Balaban J connectivity index is 2.17. The second kappa shape index (κ2) is 4.78. The average molecular weight is 329 g/mol. The third-order valence-corrected chi connectivity index (χ3v) is 5.22. The van der Waals surface area contributed by atoms with E-state index in [0.29, 0.717) is 5.76 Å². The van der Waals surface area contributed by atoms with Crippen molar-refractivity contribution < 1.29 is 35.5 Å². The van der Waals surface area contributed by atoms with Crippen LogP contribution in [-0.4, -0.2) is 15.7 Å². The molecule has 0 aliphatic carbocycles. The molecule has 0 fully saturated rings. The zero-order valence-electron chi connectivity index (χ0n) is 8.64. The molecule has 0 radical (unpaired) electrons. The number of esters is 1. The molecule has 1 aromatic rings. The van der Waals surface area contributed by atoms with Crippen LogP contribution in [0.5, 0.6) is 0 Å². The van der Waals surface area contributed by atoms with Crippen molar-refractivity contribution in [1.29, 1.82) is 0 Å². The maximum absolute atomic E-state index is 11.7. The first-order chi connectivity index (χ1) is 7.66. The van der Waals surface area contributed by atoms with Crippen LogP contribution in [0.4, 0.5) is 0 Å². The molecule has 0 N–H and O–H groups in total. The number of hydrogen-bond acceptors (Lipinski definition) is 3. The van der Waals surface area contributed by atoms with Gasteiger partial charge in [-0.2, -0.15) is 0 Å². The normalized spacial score (nSPS) is 20.6. The van der Waals surface area contributed by atoms with Crippen LogP contribution < -0.4 is 21.2 Å². The van der Waals surface area contributed by atoms with Crippen molar-refractivity contribution in [1.82, 2.24) is 0 Å². The van der Waals surface area contributed by atoms with Gasteiger partial charge in [0.05, 0.1) is 0 Å². The van der Waals surface area contributed by atoms with Gasteiger partial charge < -0.3 is 0 Å². The Labute approximate surface area is 104 Å². The molecule has 0 saturated heterocycles. The molecule has 2 rings (SSSR count). The minimum absolute atomic E-state index is 0.120. The van der Waals surface area contributed by atoms with E-state index in [1.54, 1.807) is 6.92 Å². The van der Waals surface area contributed by atoms with Crippen molar-refractivity contribution in [3.8, 4) is 0 Å². The van der Waals surface area contributed by atoms with E-state index in [0.717, 1.165) is 3.57 Å². The van der Waals surface area contributed by atoms with Gasteiger partial charge in [-0.25, -0.2) is 0 Å². The summed E-state index contributed by atoms with van der Waals surface area (Å²) in [4.78, 5) is 23.2. The number of ether oxygens (including phenoxy) is 1. The van der Waals surface area contributed by atoms with E-state index < -0.39 is 31.1 Å². The van der Waals surface area contributed by atoms with Crippen LogP contribution in [0.2, 0.25) is 0 Å². The van der Waals surface area contributed by atoms with Gasteiger partial charge in [0, 0.05) is 0 Å². The second-order valence-electron chi connectivity index (χ2n) is 3.35. The molecule has 0 amide bonds. The molecule has 16 heavy (non-hydrogen) atoms. The van der Waals surface area contributed by atoms with Gasteiger partial charge in [-0.15, -0.1) is 0 Å². The van der Waals surface area contributed by atoms with Crippen molar-refractivity contribution in [3.63, 3.8) is 0 Å².